The molecule has 18 heavy (non-hydrogen) atoms. The molecule has 0 bridgehead atoms. The molecule has 104 valence electrons. The fraction of sp³-hybridized carbons (Fsp3) is 0.571. The molecule has 0 aliphatic carbocycles. The molecule has 0 unspecified atom stereocenters. The third-order valence-electron chi connectivity index (χ3n) is 2.58. The van der Waals surface area contributed by atoms with Crippen LogP contribution in [-0.4, -0.2) is 13.2 Å². The number of halogens is 2. The number of unbranched alkanes of at least 4 members (excludes halogenated alkanes) is 2. The third kappa shape index (κ3) is 6.48. The molecule has 2 nitrogen and oxygen atoms in total. The quantitative estimate of drug-likeness (QED) is 0.715. The van der Waals surface area contributed by atoms with Crippen LogP contribution in [0.25, 0.3) is 0 Å². The first-order valence-electron chi connectivity index (χ1n) is 6.39. The Morgan fingerprint density at radius 1 is 1.22 bits per heavy atom. The van der Waals surface area contributed by atoms with Gasteiger partial charge in [0.25, 0.3) is 0 Å². The molecule has 0 heterocycles. The van der Waals surface area contributed by atoms with Crippen LogP contribution < -0.4 is 10.1 Å². The Kier molecular flexibility index (Phi) is 10.2. The standard InChI is InChI=1S/C14H22ClNO.ClH/c1-3-5-6-9-16-11-12-7-8-14(17-4-2)13(15)10-12;/h7-8,10,16H,3-6,9,11H2,1-2H3;1H. The van der Waals surface area contributed by atoms with Gasteiger partial charge in [0.1, 0.15) is 5.75 Å². The summed E-state index contributed by atoms with van der Waals surface area (Å²) in [7, 11) is 0. The summed E-state index contributed by atoms with van der Waals surface area (Å²) in [5, 5.41) is 4.11. The fourth-order valence-electron chi connectivity index (χ4n) is 1.66. The molecule has 0 fully saturated rings. The Morgan fingerprint density at radius 3 is 2.61 bits per heavy atom. The lowest BCUT2D eigenvalue weighted by Crippen LogP contribution is -2.14. The van der Waals surface area contributed by atoms with Gasteiger partial charge < -0.3 is 10.1 Å². The molecule has 0 amide bonds. The van der Waals surface area contributed by atoms with Crippen molar-refractivity contribution in [3.8, 4) is 5.75 Å². The molecule has 0 spiro atoms. The van der Waals surface area contributed by atoms with E-state index < -0.39 is 0 Å². The zero-order valence-electron chi connectivity index (χ0n) is 11.2. The first-order valence-corrected chi connectivity index (χ1v) is 6.77. The van der Waals surface area contributed by atoms with Crippen LogP contribution in [0.4, 0.5) is 0 Å². The van der Waals surface area contributed by atoms with Gasteiger partial charge in [0, 0.05) is 6.54 Å². The Labute approximate surface area is 121 Å². The molecule has 0 aliphatic rings. The number of ether oxygens (including phenoxy) is 1. The highest BCUT2D eigenvalue weighted by Crippen LogP contribution is 2.25. The maximum Gasteiger partial charge on any atom is 0.137 e. The monoisotopic (exact) mass is 291 g/mol. The predicted molar refractivity (Wildman–Crippen MR) is 81.1 cm³/mol. The van der Waals surface area contributed by atoms with Crippen LogP contribution >= 0.6 is 24.0 Å². The second-order valence-electron chi connectivity index (χ2n) is 4.08. The van der Waals surface area contributed by atoms with Gasteiger partial charge in [-0.05, 0) is 37.6 Å². The van der Waals surface area contributed by atoms with Gasteiger partial charge in [0.2, 0.25) is 0 Å². The molecule has 1 aromatic rings. The van der Waals surface area contributed by atoms with E-state index in [4.69, 9.17) is 16.3 Å². The lowest BCUT2D eigenvalue weighted by atomic mass is 10.2. The van der Waals surface area contributed by atoms with Gasteiger partial charge in [-0.15, -0.1) is 12.4 Å². The molecule has 0 aliphatic heterocycles. The highest BCUT2D eigenvalue weighted by Gasteiger charge is 2.02. The molecule has 0 saturated carbocycles. The first kappa shape index (κ1) is 17.6. The minimum Gasteiger partial charge on any atom is -0.492 e. The number of rotatable bonds is 8. The summed E-state index contributed by atoms with van der Waals surface area (Å²) in [5.41, 5.74) is 1.20. The van der Waals surface area contributed by atoms with E-state index in [0.29, 0.717) is 11.6 Å². The maximum atomic E-state index is 6.12. The first-order chi connectivity index (χ1) is 8.27. The number of nitrogens with one attached hydrogen (secondary N) is 1. The smallest absolute Gasteiger partial charge is 0.137 e. The zero-order chi connectivity index (χ0) is 12.5. The van der Waals surface area contributed by atoms with Crippen molar-refractivity contribution in [3.05, 3.63) is 28.8 Å². The van der Waals surface area contributed by atoms with Gasteiger partial charge in [0.05, 0.1) is 11.6 Å². The van der Waals surface area contributed by atoms with Crippen molar-refractivity contribution in [3.63, 3.8) is 0 Å². The molecule has 4 heteroatoms. The Hall–Kier alpha value is -0.440. The van der Waals surface area contributed by atoms with Gasteiger partial charge in [0.15, 0.2) is 0 Å². The molecule has 1 aromatic carbocycles. The van der Waals surface area contributed by atoms with Gasteiger partial charge in [-0.3, -0.25) is 0 Å². The molecular weight excluding hydrogens is 269 g/mol. The van der Waals surface area contributed by atoms with Crippen LogP contribution in [0, 0.1) is 0 Å². The van der Waals surface area contributed by atoms with Crippen LogP contribution in [0.5, 0.6) is 5.75 Å². The minimum absolute atomic E-state index is 0. The second-order valence-corrected chi connectivity index (χ2v) is 4.49. The molecule has 1 rings (SSSR count). The van der Waals surface area contributed by atoms with Gasteiger partial charge in [-0.1, -0.05) is 37.4 Å². The van der Waals surface area contributed by atoms with Crippen molar-refractivity contribution in [2.75, 3.05) is 13.2 Å². The normalized spacial score (nSPS) is 9.94. The Bertz CT molecular complexity index is 332. The van der Waals surface area contributed by atoms with Crippen LogP contribution in [-0.2, 0) is 6.54 Å². The van der Waals surface area contributed by atoms with E-state index in [2.05, 4.69) is 18.3 Å². The van der Waals surface area contributed by atoms with E-state index in [9.17, 15) is 0 Å². The van der Waals surface area contributed by atoms with Crippen molar-refractivity contribution >= 4 is 24.0 Å². The van der Waals surface area contributed by atoms with E-state index in [0.717, 1.165) is 18.8 Å². The third-order valence-corrected chi connectivity index (χ3v) is 2.88. The van der Waals surface area contributed by atoms with Crippen LogP contribution in [0.2, 0.25) is 5.02 Å². The summed E-state index contributed by atoms with van der Waals surface area (Å²) >= 11 is 6.12. The van der Waals surface area contributed by atoms with Gasteiger partial charge in [-0.25, -0.2) is 0 Å². The molecule has 1 N–H and O–H groups in total. The average Bonchev–Trinajstić information content (AvgIpc) is 2.32. The minimum atomic E-state index is 0. The fourth-order valence-corrected chi connectivity index (χ4v) is 1.92. The molecule has 0 radical (unpaired) electrons. The van der Waals surface area contributed by atoms with Gasteiger partial charge >= 0.3 is 0 Å². The average molecular weight is 292 g/mol. The van der Waals surface area contributed by atoms with E-state index in [1.54, 1.807) is 0 Å². The Morgan fingerprint density at radius 2 is 2.00 bits per heavy atom. The molecule has 0 saturated heterocycles. The van der Waals surface area contributed by atoms with Crippen molar-refractivity contribution in [1.82, 2.24) is 5.32 Å². The van der Waals surface area contributed by atoms with Crippen LogP contribution in [0.15, 0.2) is 18.2 Å². The summed E-state index contributed by atoms with van der Waals surface area (Å²) < 4.78 is 5.40. The van der Waals surface area contributed by atoms with Crippen molar-refractivity contribution in [2.24, 2.45) is 0 Å². The summed E-state index contributed by atoms with van der Waals surface area (Å²) in [6, 6.07) is 5.97. The molecular formula is C14H23Cl2NO. The van der Waals surface area contributed by atoms with Crippen molar-refractivity contribution < 1.29 is 4.74 Å². The molecule has 0 atom stereocenters. The Balaban J connectivity index is 0.00000289. The topological polar surface area (TPSA) is 21.3 Å². The maximum absolute atomic E-state index is 6.12. The van der Waals surface area contributed by atoms with E-state index >= 15 is 0 Å². The molecule has 0 aromatic heterocycles. The summed E-state index contributed by atoms with van der Waals surface area (Å²) in [6.45, 7) is 6.76. The lowest BCUT2D eigenvalue weighted by molar-refractivity contribution is 0.340. The number of benzene rings is 1. The number of hydrogen-bond acceptors (Lipinski definition) is 2. The SMILES string of the molecule is CCCCCNCc1ccc(OCC)c(Cl)c1.Cl. The summed E-state index contributed by atoms with van der Waals surface area (Å²) in [5.74, 6) is 0.767. The van der Waals surface area contributed by atoms with Crippen LogP contribution in [0.3, 0.4) is 0 Å². The predicted octanol–water partition coefficient (Wildman–Crippen LogP) is 4.44. The number of hydrogen-bond donors (Lipinski definition) is 1. The zero-order valence-corrected chi connectivity index (χ0v) is 12.7. The highest BCUT2D eigenvalue weighted by atomic mass is 35.5. The van der Waals surface area contributed by atoms with Crippen molar-refractivity contribution in [1.29, 1.82) is 0 Å². The highest BCUT2D eigenvalue weighted by molar-refractivity contribution is 6.32. The second kappa shape index (κ2) is 10.5. The van der Waals surface area contributed by atoms with E-state index in [1.165, 1.54) is 24.8 Å². The van der Waals surface area contributed by atoms with Gasteiger partial charge in [-0.2, -0.15) is 0 Å². The lowest BCUT2D eigenvalue weighted by Gasteiger charge is -2.08. The van der Waals surface area contributed by atoms with E-state index in [1.807, 2.05) is 19.1 Å². The van der Waals surface area contributed by atoms with Crippen molar-refractivity contribution in [2.45, 2.75) is 39.7 Å². The summed E-state index contributed by atoms with van der Waals surface area (Å²) in [4.78, 5) is 0. The van der Waals surface area contributed by atoms with Crippen LogP contribution in [0.1, 0.15) is 38.7 Å². The largest absolute Gasteiger partial charge is 0.492 e. The summed E-state index contributed by atoms with van der Waals surface area (Å²) in [6.07, 6.45) is 3.79. The van der Waals surface area contributed by atoms with E-state index in [-0.39, 0.29) is 12.4 Å².